The number of carbonyl (C=O) groups excluding carboxylic acids is 2. The molecule has 40 heavy (non-hydrogen) atoms. The maximum atomic E-state index is 12.8. The third kappa shape index (κ3) is 6.34. The van der Waals surface area contributed by atoms with Crippen molar-refractivity contribution in [2.24, 2.45) is 4.99 Å². The van der Waals surface area contributed by atoms with Crippen LogP contribution in [0.15, 0.2) is 71.7 Å². The van der Waals surface area contributed by atoms with Crippen LogP contribution in [-0.2, 0) is 9.59 Å². The number of aliphatic imine (C=N–C) groups is 1. The Morgan fingerprint density at radius 2 is 1.73 bits per heavy atom. The summed E-state index contributed by atoms with van der Waals surface area (Å²) in [5.74, 6) is -0.459. The van der Waals surface area contributed by atoms with Gasteiger partial charge in [-0.15, -0.1) is 0 Å². The molecule has 4 aromatic rings. The van der Waals surface area contributed by atoms with Gasteiger partial charge in [0, 0.05) is 49.1 Å². The van der Waals surface area contributed by atoms with E-state index in [1.54, 1.807) is 30.3 Å². The minimum absolute atomic E-state index is 0.0326. The molecule has 0 aliphatic carbocycles. The van der Waals surface area contributed by atoms with Crippen molar-refractivity contribution < 1.29 is 14.7 Å². The monoisotopic (exact) mass is 558 g/mol. The van der Waals surface area contributed by atoms with E-state index in [4.69, 9.17) is 16.6 Å². The van der Waals surface area contributed by atoms with Crippen molar-refractivity contribution in [2.45, 2.75) is 6.92 Å². The Bertz CT molecular complexity index is 1580. The van der Waals surface area contributed by atoms with Gasteiger partial charge in [-0.25, -0.2) is 4.99 Å². The minimum atomic E-state index is -0.273. The first kappa shape index (κ1) is 27.4. The largest absolute Gasteiger partial charge is 0.494 e. The number of rotatable bonds is 7. The fraction of sp³-hybridized carbons (Fsp3) is 0.233. The van der Waals surface area contributed by atoms with Crippen molar-refractivity contribution in [1.82, 2.24) is 14.8 Å². The Morgan fingerprint density at radius 1 is 0.975 bits per heavy atom. The molecule has 1 saturated heterocycles. The number of fused-ring (bicyclic) bond motifs is 1. The highest BCUT2D eigenvalue weighted by Crippen LogP contribution is 2.34. The van der Waals surface area contributed by atoms with Crippen molar-refractivity contribution >= 4 is 57.1 Å². The van der Waals surface area contributed by atoms with Gasteiger partial charge in [0.1, 0.15) is 0 Å². The van der Waals surface area contributed by atoms with Crippen molar-refractivity contribution in [3.05, 3.63) is 82.9 Å². The summed E-state index contributed by atoms with van der Waals surface area (Å²) in [5.41, 5.74) is 3.99. The number of likely N-dealkylation sites (N-methyl/N-ethyl adjacent to an activating group) is 1. The number of piperazine rings is 1. The molecule has 1 fully saturated rings. The smallest absolute Gasteiger partial charge is 0.238 e. The molecule has 0 bridgehead atoms. The fourth-order valence-corrected chi connectivity index (χ4v) is 4.96. The van der Waals surface area contributed by atoms with E-state index in [1.807, 2.05) is 36.4 Å². The van der Waals surface area contributed by atoms with Crippen LogP contribution < -0.4 is 10.6 Å². The first-order valence-electron chi connectivity index (χ1n) is 13.0. The predicted molar refractivity (Wildman–Crippen MR) is 160 cm³/mol. The topological polar surface area (TPSA) is 113 Å². The van der Waals surface area contributed by atoms with Crippen LogP contribution in [0, 0.1) is 0 Å². The molecule has 0 saturated carbocycles. The van der Waals surface area contributed by atoms with Gasteiger partial charge >= 0.3 is 0 Å². The number of benzene rings is 3. The summed E-state index contributed by atoms with van der Waals surface area (Å²) in [6.07, 6.45) is 0. The maximum absolute atomic E-state index is 12.8. The average Bonchev–Trinajstić information content (AvgIpc) is 3.24. The van der Waals surface area contributed by atoms with E-state index in [0.717, 1.165) is 37.1 Å². The Hall–Kier alpha value is -4.18. The Balaban J connectivity index is 1.51. The maximum Gasteiger partial charge on any atom is 0.238 e. The number of carbonyl (C=O) groups is 2. The first-order valence-corrected chi connectivity index (χ1v) is 13.4. The summed E-state index contributed by atoms with van der Waals surface area (Å²) in [5, 5.41) is 18.0. The lowest BCUT2D eigenvalue weighted by molar-refractivity contribution is -0.117. The molecule has 10 heteroatoms. The van der Waals surface area contributed by atoms with Gasteiger partial charge in [-0.1, -0.05) is 48.0 Å². The summed E-state index contributed by atoms with van der Waals surface area (Å²) in [6.45, 7) is 5.17. The molecule has 5 rings (SSSR count). The first-order chi connectivity index (χ1) is 19.3. The molecule has 2 amide bonds. The molecule has 2 heterocycles. The SMILES string of the molecule is CC(=O)Nc1cc(N=C(c2ccccc2)c2c(O)[nH]c3cc(Cl)ccc23)ccc1NC(=O)CN1CCN(C)CC1. The molecular weight excluding hydrogens is 528 g/mol. The molecule has 0 unspecified atom stereocenters. The molecule has 1 aliphatic heterocycles. The van der Waals surface area contributed by atoms with Crippen molar-refractivity contribution in [3.63, 3.8) is 0 Å². The van der Waals surface area contributed by atoms with Crippen LogP contribution in [0.2, 0.25) is 5.02 Å². The molecule has 206 valence electrons. The van der Waals surface area contributed by atoms with Crippen LogP contribution in [0.3, 0.4) is 0 Å². The Kier molecular flexibility index (Phi) is 8.16. The summed E-state index contributed by atoms with van der Waals surface area (Å²) in [6, 6.07) is 20.1. The van der Waals surface area contributed by atoms with Crippen LogP contribution in [-0.4, -0.2) is 77.2 Å². The van der Waals surface area contributed by atoms with Crippen LogP contribution in [0.5, 0.6) is 5.88 Å². The summed E-state index contributed by atoms with van der Waals surface area (Å²) >= 11 is 6.18. The van der Waals surface area contributed by atoms with Crippen molar-refractivity contribution in [3.8, 4) is 5.88 Å². The summed E-state index contributed by atoms with van der Waals surface area (Å²) in [4.78, 5) is 37.1. The van der Waals surface area contributed by atoms with E-state index in [1.165, 1.54) is 6.92 Å². The van der Waals surface area contributed by atoms with Crippen LogP contribution in [0.4, 0.5) is 17.1 Å². The second kappa shape index (κ2) is 11.9. The molecule has 3 aromatic carbocycles. The third-order valence-electron chi connectivity index (χ3n) is 6.82. The van der Waals surface area contributed by atoms with Crippen molar-refractivity contribution in [1.29, 1.82) is 0 Å². The summed E-state index contributed by atoms with van der Waals surface area (Å²) < 4.78 is 0. The van der Waals surface area contributed by atoms with E-state index in [9.17, 15) is 14.7 Å². The van der Waals surface area contributed by atoms with E-state index in [-0.39, 0.29) is 24.2 Å². The van der Waals surface area contributed by atoms with Gasteiger partial charge in [-0.3, -0.25) is 14.5 Å². The normalized spacial score (nSPS) is 14.8. The van der Waals surface area contributed by atoms with Crippen LogP contribution in [0.1, 0.15) is 18.1 Å². The molecule has 0 atom stereocenters. The molecular formula is C30H31ClN6O3. The Labute approximate surface area is 237 Å². The van der Waals surface area contributed by atoms with Gasteiger partial charge in [-0.2, -0.15) is 0 Å². The lowest BCUT2D eigenvalue weighted by Gasteiger charge is -2.31. The van der Waals surface area contributed by atoms with Crippen molar-refractivity contribution in [2.75, 3.05) is 50.4 Å². The van der Waals surface area contributed by atoms with E-state index < -0.39 is 0 Å². The van der Waals surface area contributed by atoms with E-state index >= 15 is 0 Å². The zero-order valence-corrected chi connectivity index (χ0v) is 23.1. The number of halogens is 1. The number of nitrogens with one attached hydrogen (secondary N) is 3. The number of H-pyrrole nitrogens is 1. The van der Waals surface area contributed by atoms with Gasteiger partial charge < -0.3 is 25.6 Å². The minimum Gasteiger partial charge on any atom is -0.494 e. The second-order valence-electron chi connectivity index (χ2n) is 9.90. The van der Waals surface area contributed by atoms with Gasteiger partial charge in [0.05, 0.1) is 40.4 Å². The van der Waals surface area contributed by atoms with Crippen LogP contribution >= 0.6 is 11.6 Å². The number of nitrogens with zero attached hydrogens (tertiary/aromatic N) is 3. The highest BCUT2D eigenvalue weighted by atomic mass is 35.5. The highest BCUT2D eigenvalue weighted by molar-refractivity contribution is 6.31. The van der Waals surface area contributed by atoms with E-state index in [2.05, 4.69) is 32.5 Å². The molecule has 1 aromatic heterocycles. The molecule has 4 N–H and O–H groups in total. The van der Waals surface area contributed by atoms with E-state index in [0.29, 0.717) is 38.9 Å². The number of hydrogen-bond acceptors (Lipinski definition) is 6. The molecule has 0 radical (unpaired) electrons. The third-order valence-corrected chi connectivity index (χ3v) is 7.05. The fourth-order valence-electron chi connectivity index (χ4n) is 4.79. The zero-order valence-electron chi connectivity index (χ0n) is 22.4. The summed E-state index contributed by atoms with van der Waals surface area (Å²) in [7, 11) is 2.07. The second-order valence-corrected chi connectivity index (χ2v) is 10.3. The zero-order chi connectivity index (χ0) is 28.2. The van der Waals surface area contributed by atoms with Gasteiger partial charge in [-0.05, 0) is 37.4 Å². The van der Waals surface area contributed by atoms with Crippen LogP contribution in [0.25, 0.3) is 10.9 Å². The number of aromatic nitrogens is 1. The average molecular weight is 559 g/mol. The molecule has 1 aliphatic rings. The quantitative estimate of drug-likeness (QED) is 0.242. The number of aromatic amines is 1. The lowest BCUT2D eigenvalue weighted by Crippen LogP contribution is -2.47. The molecule has 9 nitrogen and oxygen atoms in total. The Morgan fingerprint density at radius 3 is 2.45 bits per heavy atom. The number of anilines is 2. The van der Waals surface area contributed by atoms with Gasteiger partial charge in [0.25, 0.3) is 0 Å². The lowest BCUT2D eigenvalue weighted by atomic mass is 10.0. The standard InChI is InChI=1S/C30H31ClN6O3/c1-19(38)32-26-17-22(9-11-24(26)34-27(39)18-37-14-12-36(2)13-15-37)33-29(20-6-4-3-5-7-20)28-23-10-8-21(31)16-25(23)35-30(28)40/h3-11,16-17,35,40H,12-15,18H2,1-2H3,(H,32,38)(H,34,39). The number of amides is 2. The highest BCUT2D eigenvalue weighted by Gasteiger charge is 2.20. The number of hydrogen-bond donors (Lipinski definition) is 4. The number of aromatic hydroxyl groups is 1. The van der Waals surface area contributed by atoms with Gasteiger partial charge in [0.2, 0.25) is 11.8 Å². The predicted octanol–water partition coefficient (Wildman–Crippen LogP) is 4.84. The van der Waals surface area contributed by atoms with Gasteiger partial charge in [0.15, 0.2) is 5.88 Å². The molecule has 0 spiro atoms.